The van der Waals surface area contributed by atoms with E-state index < -0.39 is 10.0 Å². The van der Waals surface area contributed by atoms with Crippen LogP contribution in [0.2, 0.25) is 10.0 Å². The van der Waals surface area contributed by atoms with Crippen molar-refractivity contribution in [1.29, 1.82) is 0 Å². The molecular formula is C23H21Cl2FN2O3S2. The zero-order chi connectivity index (χ0) is 24.0. The molecule has 33 heavy (non-hydrogen) atoms. The number of rotatable bonds is 9. The first-order valence-corrected chi connectivity index (χ1v) is 13.2. The molecule has 1 N–H and O–H groups in total. The minimum absolute atomic E-state index is 0.116. The molecule has 0 unspecified atom stereocenters. The predicted octanol–water partition coefficient (Wildman–Crippen LogP) is 5.62. The number of amides is 1. The van der Waals surface area contributed by atoms with Gasteiger partial charge in [-0.3, -0.25) is 9.10 Å². The molecule has 3 aromatic carbocycles. The number of nitrogens with zero attached hydrogens (tertiary/aromatic N) is 1. The first-order chi connectivity index (χ1) is 15.7. The van der Waals surface area contributed by atoms with Crippen LogP contribution in [0.3, 0.4) is 0 Å². The highest BCUT2D eigenvalue weighted by Gasteiger charge is 2.21. The summed E-state index contributed by atoms with van der Waals surface area (Å²) in [7, 11) is -2.31. The third kappa shape index (κ3) is 6.41. The monoisotopic (exact) mass is 526 g/mol. The first-order valence-electron chi connectivity index (χ1n) is 9.83. The largest absolute Gasteiger partial charge is 0.351 e. The topological polar surface area (TPSA) is 66.5 Å². The van der Waals surface area contributed by atoms with Crippen molar-refractivity contribution in [2.45, 2.75) is 10.6 Å². The fourth-order valence-corrected chi connectivity index (χ4v) is 5.43. The van der Waals surface area contributed by atoms with Crippen molar-refractivity contribution in [3.8, 4) is 0 Å². The number of carbonyl (C=O) groups excluding carboxylic acids is 1. The highest BCUT2D eigenvalue weighted by atomic mass is 35.5. The van der Waals surface area contributed by atoms with Gasteiger partial charge in [0.1, 0.15) is 5.82 Å². The average Bonchev–Trinajstić information content (AvgIpc) is 2.80. The van der Waals surface area contributed by atoms with Gasteiger partial charge in [0, 0.05) is 46.3 Å². The Morgan fingerprint density at radius 3 is 2.33 bits per heavy atom. The molecule has 10 heteroatoms. The normalized spacial score (nSPS) is 11.3. The zero-order valence-corrected chi connectivity index (χ0v) is 20.7. The molecule has 0 atom stereocenters. The van der Waals surface area contributed by atoms with Crippen molar-refractivity contribution in [3.63, 3.8) is 0 Å². The second-order valence-corrected chi connectivity index (χ2v) is 10.9. The van der Waals surface area contributed by atoms with Crippen LogP contribution in [-0.4, -0.2) is 33.7 Å². The Balaban J connectivity index is 1.53. The van der Waals surface area contributed by atoms with Crippen molar-refractivity contribution in [1.82, 2.24) is 5.32 Å². The Morgan fingerprint density at radius 2 is 1.70 bits per heavy atom. The van der Waals surface area contributed by atoms with Gasteiger partial charge in [0.05, 0.1) is 10.6 Å². The lowest BCUT2D eigenvalue weighted by Crippen LogP contribution is -2.27. The molecule has 0 spiro atoms. The molecule has 174 valence electrons. The standard InChI is InChI=1S/C23H21Cl2FN2O3S2/c1-28(33(30,31)19-11-7-17(24)8-12-19)18-9-5-16(6-10-18)23(29)27-13-14-32-15-20-21(25)3-2-4-22(20)26/h2-12H,13-15H2,1H3,(H,27,29). The van der Waals surface area contributed by atoms with Crippen LogP contribution in [0.4, 0.5) is 10.1 Å². The summed E-state index contributed by atoms with van der Waals surface area (Å²) in [5.41, 5.74) is 1.26. The molecule has 0 aliphatic heterocycles. The van der Waals surface area contributed by atoms with E-state index >= 15 is 0 Å². The Labute approximate surface area is 206 Å². The summed E-state index contributed by atoms with van der Waals surface area (Å²) >= 11 is 13.3. The first kappa shape index (κ1) is 25.4. The number of nitrogens with one attached hydrogen (secondary N) is 1. The van der Waals surface area contributed by atoms with E-state index in [0.29, 0.717) is 44.9 Å². The lowest BCUT2D eigenvalue weighted by Gasteiger charge is -2.19. The van der Waals surface area contributed by atoms with Crippen molar-refractivity contribution >= 4 is 56.6 Å². The molecule has 0 saturated carbocycles. The van der Waals surface area contributed by atoms with E-state index in [1.807, 2.05) is 0 Å². The molecule has 3 rings (SSSR count). The van der Waals surface area contributed by atoms with Gasteiger partial charge in [0.25, 0.3) is 15.9 Å². The lowest BCUT2D eigenvalue weighted by molar-refractivity contribution is 0.0956. The minimum atomic E-state index is -3.76. The molecule has 0 aliphatic carbocycles. The Bertz CT molecular complexity index is 1200. The van der Waals surface area contributed by atoms with Crippen LogP contribution in [0.5, 0.6) is 0 Å². The van der Waals surface area contributed by atoms with Crippen LogP contribution in [0, 0.1) is 5.82 Å². The number of hydrogen-bond donors (Lipinski definition) is 1. The van der Waals surface area contributed by atoms with Crippen LogP contribution in [0.15, 0.2) is 71.6 Å². The van der Waals surface area contributed by atoms with Gasteiger partial charge in [-0.05, 0) is 60.7 Å². The summed E-state index contributed by atoms with van der Waals surface area (Å²) in [6.45, 7) is 0.391. The van der Waals surface area contributed by atoms with Gasteiger partial charge >= 0.3 is 0 Å². The third-order valence-corrected chi connectivity index (χ3v) is 8.20. The Kier molecular flexibility index (Phi) is 8.64. The maximum atomic E-state index is 13.8. The molecule has 5 nitrogen and oxygen atoms in total. The second kappa shape index (κ2) is 11.2. The Morgan fingerprint density at radius 1 is 1.03 bits per heavy atom. The summed E-state index contributed by atoms with van der Waals surface area (Å²) in [5.74, 6) is 0.359. The fraction of sp³-hybridized carbons (Fsp3) is 0.174. The van der Waals surface area contributed by atoms with Crippen LogP contribution in [-0.2, 0) is 15.8 Å². The highest BCUT2D eigenvalue weighted by Crippen LogP contribution is 2.25. The molecule has 0 radical (unpaired) electrons. The van der Waals surface area contributed by atoms with Crippen LogP contribution >= 0.6 is 35.0 Å². The maximum absolute atomic E-state index is 13.8. The number of hydrogen-bond acceptors (Lipinski definition) is 4. The van der Waals surface area contributed by atoms with Crippen LogP contribution < -0.4 is 9.62 Å². The highest BCUT2D eigenvalue weighted by molar-refractivity contribution is 7.98. The van der Waals surface area contributed by atoms with E-state index in [9.17, 15) is 17.6 Å². The third-order valence-electron chi connectivity index (χ3n) is 4.81. The molecule has 0 saturated heterocycles. The number of sulfonamides is 1. The quantitative estimate of drug-likeness (QED) is 0.367. The molecule has 0 aromatic heterocycles. The van der Waals surface area contributed by atoms with Crippen molar-refractivity contribution in [2.75, 3.05) is 23.7 Å². The number of thioether (sulfide) groups is 1. The number of halogens is 3. The summed E-state index contributed by atoms with van der Waals surface area (Å²) in [6.07, 6.45) is 0. The van der Waals surface area contributed by atoms with E-state index in [1.165, 1.54) is 49.1 Å². The summed E-state index contributed by atoms with van der Waals surface area (Å²) in [5, 5.41) is 3.62. The van der Waals surface area contributed by atoms with Crippen molar-refractivity contribution < 1.29 is 17.6 Å². The molecule has 0 aliphatic rings. The average molecular weight is 527 g/mol. The van der Waals surface area contributed by atoms with E-state index in [2.05, 4.69) is 5.32 Å². The van der Waals surface area contributed by atoms with Crippen molar-refractivity contribution in [2.24, 2.45) is 0 Å². The van der Waals surface area contributed by atoms with Gasteiger partial charge in [-0.15, -0.1) is 0 Å². The summed E-state index contributed by atoms with van der Waals surface area (Å²) in [4.78, 5) is 12.5. The van der Waals surface area contributed by atoms with E-state index in [4.69, 9.17) is 23.2 Å². The summed E-state index contributed by atoms with van der Waals surface area (Å²) in [6, 6.07) is 16.7. The smallest absolute Gasteiger partial charge is 0.264 e. The van der Waals surface area contributed by atoms with E-state index in [0.717, 1.165) is 4.31 Å². The minimum Gasteiger partial charge on any atom is -0.351 e. The maximum Gasteiger partial charge on any atom is 0.264 e. The Hall–Kier alpha value is -2.26. The molecular weight excluding hydrogens is 506 g/mol. The van der Waals surface area contributed by atoms with E-state index in [-0.39, 0.29) is 16.6 Å². The van der Waals surface area contributed by atoms with Gasteiger partial charge in [-0.25, -0.2) is 12.8 Å². The van der Waals surface area contributed by atoms with E-state index in [1.54, 1.807) is 36.4 Å². The van der Waals surface area contributed by atoms with Crippen molar-refractivity contribution in [3.05, 3.63) is 93.7 Å². The van der Waals surface area contributed by atoms with Gasteiger partial charge in [0.2, 0.25) is 0 Å². The fourth-order valence-electron chi connectivity index (χ4n) is 2.91. The van der Waals surface area contributed by atoms with Gasteiger partial charge in [-0.2, -0.15) is 11.8 Å². The SMILES string of the molecule is CN(c1ccc(C(=O)NCCSCc2c(F)cccc2Cl)cc1)S(=O)(=O)c1ccc(Cl)cc1. The molecule has 0 fully saturated rings. The van der Waals surface area contributed by atoms with Crippen LogP contribution in [0.25, 0.3) is 0 Å². The van der Waals surface area contributed by atoms with Gasteiger partial charge in [0.15, 0.2) is 0 Å². The predicted molar refractivity (Wildman–Crippen MR) is 133 cm³/mol. The van der Waals surface area contributed by atoms with Gasteiger partial charge < -0.3 is 5.32 Å². The zero-order valence-electron chi connectivity index (χ0n) is 17.6. The number of benzene rings is 3. The molecule has 0 bridgehead atoms. The number of carbonyl (C=O) groups is 1. The molecule has 3 aromatic rings. The second-order valence-electron chi connectivity index (χ2n) is 6.98. The molecule has 1 amide bonds. The number of anilines is 1. The van der Waals surface area contributed by atoms with Crippen LogP contribution in [0.1, 0.15) is 15.9 Å². The van der Waals surface area contributed by atoms with Gasteiger partial charge in [-0.1, -0.05) is 29.3 Å². The summed E-state index contributed by atoms with van der Waals surface area (Å²) < 4.78 is 40.5. The lowest BCUT2D eigenvalue weighted by atomic mass is 10.2. The molecule has 0 heterocycles.